The van der Waals surface area contributed by atoms with Gasteiger partial charge in [0.2, 0.25) is 0 Å². The smallest absolute Gasteiger partial charge is 0.154 e. The van der Waals surface area contributed by atoms with Crippen molar-refractivity contribution in [3.63, 3.8) is 0 Å². The lowest BCUT2D eigenvalue weighted by atomic mass is 10.1. The first-order valence-electron chi connectivity index (χ1n) is 3.60. The van der Waals surface area contributed by atoms with Crippen LogP contribution in [-0.4, -0.2) is 9.97 Å². The van der Waals surface area contributed by atoms with Gasteiger partial charge < -0.3 is 5.73 Å². The molecule has 0 aliphatic carbocycles. The Hall–Kier alpha value is -1.10. The van der Waals surface area contributed by atoms with Crippen molar-refractivity contribution < 1.29 is 0 Å². The van der Waals surface area contributed by atoms with Crippen molar-refractivity contribution in [2.45, 2.75) is 19.8 Å². The summed E-state index contributed by atoms with van der Waals surface area (Å²) in [5.41, 5.74) is 6.89. The number of aromatic nitrogens is 2. The molecule has 0 aromatic carbocycles. The topological polar surface area (TPSA) is 64.2 Å². The minimum Gasteiger partial charge on any atom is -0.382 e. The number of nitrogens with zero attached hydrogens (tertiary/aromatic N) is 3. The van der Waals surface area contributed by atoms with E-state index in [1.165, 1.54) is 6.33 Å². The lowest BCUT2D eigenvalue weighted by Gasteiger charge is -2.07. The highest BCUT2D eigenvalue weighted by molar-refractivity contribution is 7.47. The predicted molar refractivity (Wildman–Crippen MR) is 50.0 cm³/mol. The zero-order valence-corrected chi connectivity index (χ0v) is 7.80. The van der Waals surface area contributed by atoms with Gasteiger partial charge in [-0.2, -0.15) is 4.36 Å². The van der Waals surface area contributed by atoms with Gasteiger partial charge in [-0.05, 0) is 5.92 Å². The van der Waals surface area contributed by atoms with Gasteiger partial charge in [-0.1, -0.05) is 13.8 Å². The van der Waals surface area contributed by atoms with E-state index in [0.29, 0.717) is 11.5 Å². The number of hydrogen-bond acceptors (Lipinski definition) is 5. The molecule has 0 aliphatic rings. The van der Waals surface area contributed by atoms with Crippen molar-refractivity contribution in [1.29, 1.82) is 0 Å². The second-order valence-corrected chi connectivity index (χ2v) is 2.92. The van der Waals surface area contributed by atoms with Crippen molar-refractivity contribution in [3.05, 3.63) is 12.0 Å². The standard InChI is InChI=1S/C7H10N4S/c1-4(2)5-6(11-12)7(8)10-3-9-5/h3-4H,1-2H3,(H2,8,9,10). The van der Waals surface area contributed by atoms with Gasteiger partial charge in [0.05, 0.1) is 5.69 Å². The van der Waals surface area contributed by atoms with Gasteiger partial charge in [-0.3, -0.25) is 0 Å². The Bertz CT molecular complexity index is 297. The summed E-state index contributed by atoms with van der Waals surface area (Å²) in [6, 6.07) is 0. The second-order valence-electron chi connectivity index (χ2n) is 2.74. The molecule has 1 aromatic heterocycles. The molecule has 0 fully saturated rings. The SMILES string of the molecule is CC(C)c1ncnc(N)c1N=S. The summed E-state index contributed by atoms with van der Waals surface area (Å²) >= 11 is 4.58. The summed E-state index contributed by atoms with van der Waals surface area (Å²) in [7, 11) is 0. The summed E-state index contributed by atoms with van der Waals surface area (Å²) in [6.45, 7) is 4.01. The molecule has 1 rings (SSSR count). The molecule has 0 amide bonds. The molecule has 0 saturated carbocycles. The van der Waals surface area contributed by atoms with Crippen LogP contribution in [0.3, 0.4) is 0 Å². The maximum atomic E-state index is 5.56. The third-order valence-electron chi connectivity index (χ3n) is 1.52. The van der Waals surface area contributed by atoms with Gasteiger partial charge in [0.1, 0.15) is 12.0 Å². The van der Waals surface area contributed by atoms with E-state index in [4.69, 9.17) is 5.73 Å². The maximum absolute atomic E-state index is 5.56. The number of nitrogens with two attached hydrogens (primary N) is 1. The molecular formula is C7H10N4S. The number of nitrogen functional groups attached to an aromatic ring is 1. The van der Waals surface area contributed by atoms with Crippen LogP contribution in [0.1, 0.15) is 25.5 Å². The molecule has 12 heavy (non-hydrogen) atoms. The Balaban J connectivity index is 3.27. The van der Waals surface area contributed by atoms with Crippen molar-refractivity contribution in [1.82, 2.24) is 9.97 Å². The lowest BCUT2D eigenvalue weighted by molar-refractivity contribution is 0.817. The van der Waals surface area contributed by atoms with Crippen LogP contribution in [0, 0.1) is 0 Å². The summed E-state index contributed by atoms with van der Waals surface area (Å²) in [5, 5.41) is 0. The van der Waals surface area contributed by atoms with Gasteiger partial charge >= 0.3 is 0 Å². The molecule has 1 heterocycles. The van der Waals surface area contributed by atoms with Crippen LogP contribution in [0.2, 0.25) is 0 Å². The molecule has 64 valence electrons. The van der Waals surface area contributed by atoms with E-state index >= 15 is 0 Å². The Labute approximate surface area is 76.4 Å². The summed E-state index contributed by atoms with van der Waals surface area (Å²) in [5.74, 6) is 0.612. The van der Waals surface area contributed by atoms with E-state index in [9.17, 15) is 0 Å². The zero-order valence-electron chi connectivity index (χ0n) is 6.98. The minimum atomic E-state index is 0.261. The average molecular weight is 182 g/mol. The van der Waals surface area contributed by atoms with Crippen molar-refractivity contribution >= 4 is 23.9 Å². The Morgan fingerprint density at radius 2 is 2.17 bits per heavy atom. The van der Waals surface area contributed by atoms with E-state index in [0.717, 1.165) is 5.69 Å². The molecule has 2 N–H and O–H groups in total. The predicted octanol–water partition coefficient (Wildman–Crippen LogP) is 1.54. The highest BCUT2D eigenvalue weighted by atomic mass is 32.1. The fraction of sp³-hybridized carbons (Fsp3) is 0.429. The normalized spacial score (nSPS) is 10.2. The number of hydrogen-bond donors (Lipinski definition) is 1. The Kier molecular flexibility index (Phi) is 2.65. The summed E-state index contributed by atoms with van der Waals surface area (Å²) in [4.78, 5) is 7.86. The first kappa shape index (κ1) is 8.99. The summed E-state index contributed by atoms with van der Waals surface area (Å²) in [6.07, 6.45) is 1.43. The van der Waals surface area contributed by atoms with Crippen LogP contribution in [-0.2, 0) is 12.4 Å². The van der Waals surface area contributed by atoms with Crippen molar-refractivity contribution in [3.8, 4) is 0 Å². The van der Waals surface area contributed by atoms with Crippen LogP contribution in [0.25, 0.3) is 0 Å². The molecule has 0 spiro atoms. The van der Waals surface area contributed by atoms with Crippen LogP contribution in [0.15, 0.2) is 10.7 Å². The molecule has 1 aromatic rings. The van der Waals surface area contributed by atoms with E-state index in [2.05, 4.69) is 26.8 Å². The largest absolute Gasteiger partial charge is 0.382 e. The van der Waals surface area contributed by atoms with Gasteiger partial charge in [0, 0.05) is 12.4 Å². The fourth-order valence-corrected chi connectivity index (χ4v) is 1.11. The molecular weight excluding hydrogens is 172 g/mol. The minimum absolute atomic E-state index is 0.261. The monoisotopic (exact) mass is 182 g/mol. The first-order chi connectivity index (χ1) is 5.66. The van der Waals surface area contributed by atoms with Gasteiger partial charge in [-0.15, -0.1) is 0 Å². The van der Waals surface area contributed by atoms with Gasteiger partial charge in [0.15, 0.2) is 5.82 Å². The van der Waals surface area contributed by atoms with Gasteiger partial charge in [-0.25, -0.2) is 9.97 Å². The average Bonchev–Trinajstić information content (AvgIpc) is 2.03. The van der Waals surface area contributed by atoms with Crippen LogP contribution < -0.4 is 5.73 Å². The van der Waals surface area contributed by atoms with Crippen LogP contribution in [0.4, 0.5) is 11.5 Å². The maximum Gasteiger partial charge on any atom is 0.154 e. The third-order valence-corrected chi connectivity index (χ3v) is 1.70. The number of rotatable bonds is 2. The summed E-state index contributed by atoms with van der Waals surface area (Å²) < 4.78 is 3.62. The molecule has 0 atom stereocenters. The van der Waals surface area contributed by atoms with Crippen LogP contribution >= 0.6 is 0 Å². The fourth-order valence-electron chi connectivity index (χ4n) is 0.923. The molecule has 0 radical (unpaired) electrons. The quantitative estimate of drug-likeness (QED) is 0.753. The lowest BCUT2D eigenvalue weighted by Crippen LogP contribution is -1.99. The van der Waals surface area contributed by atoms with E-state index in [1.807, 2.05) is 13.8 Å². The van der Waals surface area contributed by atoms with Crippen molar-refractivity contribution in [2.75, 3.05) is 5.73 Å². The molecule has 0 aliphatic heterocycles. The molecule has 0 unspecified atom stereocenters. The molecule has 4 nitrogen and oxygen atoms in total. The van der Waals surface area contributed by atoms with Crippen molar-refractivity contribution in [2.24, 2.45) is 4.36 Å². The Morgan fingerprint density at radius 3 is 2.58 bits per heavy atom. The zero-order chi connectivity index (χ0) is 9.14. The highest BCUT2D eigenvalue weighted by Crippen LogP contribution is 2.27. The molecule has 0 bridgehead atoms. The van der Waals surface area contributed by atoms with Crippen LogP contribution in [0.5, 0.6) is 0 Å². The molecule has 5 heteroatoms. The first-order valence-corrected chi connectivity index (χ1v) is 3.97. The second kappa shape index (κ2) is 3.53. The van der Waals surface area contributed by atoms with E-state index < -0.39 is 0 Å². The van der Waals surface area contributed by atoms with E-state index in [-0.39, 0.29) is 5.92 Å². The molecule has 0 saturated heterocycles. The third kappa shape index (κ3) is 1.55. The highest BCUT2D eigenvalue weighted by Gasteiger charge is 2.10. The Morgan fingerprint density at radius 1 is 1.50 bits per heavy atom. The number of anilines is 1. The van der Waals surface area contributed by atoms with Gasteiger partial charge in [0.25, 0.3) is 0 Å². The van der Waals surface area contributed by atoms with E-state index in [1.54, 1.807) is 0 Å².